The molecule has 1 saturated carbocycles. The number of benzene rings is 3. The number of nitrogens with one attached hydrogen (secondary N) is 2. The van der Waals surface area contributed by atoms with Gasteiger partial charge in [0.1, 0.15) is 17.2 Å². The van der Waals surface area contributed by atoms with E-state index >= 15 is 0 Å². The van der Waals surface area contributed by atoms with E-state index in [0.29, 0.717) is 16.5 Å². The molecule has 1 aliphatic heterocycles. The molecule has 2 heterocycles. The highest BCUT2D eigenvalue weighted by atomic mass is 32.2. The van der Waals surface area contributed by atoms with Crippen LogP contribution >= 0.6 is 0 Å². The van der Waals surface area contributed by atoms with Gasteiger partial charge in [-0.15, -0.1) is 0 Å². The molecule has 1 amide bonds. The zero-order valence-corrected chi connectivity index (χ0v) is 27.9. The van der Waals surface area contributed by atoms with Crippen molar-refractivity contribution >= 4 is 45.2 Å². The van der Waals surface area contributed by atoms with Crippen molar-refractivity contribution in [3.8, 4) is 11.3 Å². The molecule has 0 bridgehead atoms. The largest absolute Gasteiger partial charge is 0.495 e. The number of furan rings is 1. The van der Waals surface area contributed by atoms with E-state index in [2.05, 4.69) is 10.0 Å². The third-order valence-corrected chi connectivity index (χ3v) is 10.6. The number of sulfonamides is 1. The lowest BCUT2D eigenvalue weighted by Gasteiger charge is -2.32. The number of hydrogen-bond acceptors (Lipinski definition) is 6. The van der Waals surface area contributed by atoms with Crippen LogP contribution in [0.3, 0.4) is 0 Å². The van der Waals surface area contributed by atoms with Crippen molar-refractivity contribution in [2.24, 2.45) is 0 Å². The first-order chi connectivity index (χ1) is 22.4. The Hall–Kier alpha value is -3.88. The second kappa shape index (κ2) is 11.9. The Bertz CT molecular complexity index is 1990. The molecule has 2 fully saturated rings. The Kier molecular flexibility index (Phi) is 8.44. The van der Waals surface area contributed by atoms with Gasteiger partial charge in [0.2, 0.25) is 10.0 Å². The first kappa shape index (κ1) is 34.0. The lowest BCUT2D eigenvalue weighted by molar-refractivity contribution is -0.136. The van der Waals surface area contributed by atoms with Crippen molar-refractivity contribution in [1.29, 1.82) is 0 Å². The molecule has 1 aromatic heterocycles. The Labute approximate surface area is 276 Å². The molecule has 0 radical (unpaired) electrons. The van der Waals surface area contributed by atoms with Crippen LogP contribution < -0.4 is 15.5 Å². The number of hydrogen-bond donors (Lipinski definition) is 2. The molecule has 2 aliphatic rings. The predicted molar refractivity (Wildman–Crippen MR) is 175 cm³/mol. The zero-order chi connectivity index (χ0) is 34.8. The van der Waals surface area contributed by atoms with E-state index in [4.69, 9.17) is 13.7 Å². The first-order valence-corrected chi connectivity index (χ1v) is 17.2. The van der Waals surface area contributed by atoms with Crippen LogP contribution in [-0.4, -0.2) is 45.4 Å². The minimum atomic E-state index is -4.73. The average molecular weight is 687 g/mol. The summed E-state index contributed by atoms with van der Waals surface area (Å²) in [6.07, 6.45) is -3.30. The molecule has 0 unspecified atom stereocenters. The van der Waals surface area contributed by atoms with Gasteiger partial charge in [-0.1, -0.05) is 12.1 Å². The number of fused-ring (bicyclic) bond motifs is 1. The van der Waals surface area contributed by atoms with Crippen molar-refractivity contribution in [3.05, 3.63) is 82.7 Å². The maximum atomic E-state index is 14.2. The number of aryl methyl sites for hydroxylation is 1. The molecule has 3 aromatic carbocycles. The molecule has 1 saturated heterocycles. The Morgan fingerprint density at radius 2 is 1.62 bits per heavy atom. The second-order valence-electron chi connectivity index (χ2n) is 13.3. The summed E-state index contributed by atoms with van der Waals surface area (Å²) >= 11 is 0. The Balaban J connectivity index is 1.28. The number of carbonyl (C=O) groups excluding carboxylic acids is 1. The van der Waals surface area contributed by atoms with Gasteiger partial charge in [-0.25, -0.2) is 12.8 Å². The Morgan fingerprint density at radius 3 is 2.21 bits per heavy atom. The molecule has 1 aliphatic carbocycles. The highest BCUT2D eigenvalue weighted by molar-refractivity contribution is 7.92. The molecule has 8 nitrogen and oxygen atoms in total. The summed E-state index contributed by atoms with van der Waals surface area (Å²) in [7, 11) is -3.82. The van der Waals surface area contributed by atoms with Gasteiger partial charge in [0.25, 0.3) is 5.91 Å². The van der Waals surface area contributed by atoms with Crippen molar-refractivity contribution in [3.63, 3.8) is 0 Å². The lowest BCUT2D eigenvalue weighted by Crippen LogP contribution is -2.41. The third-order valence-electron chi connectivity index (χ3n) is 9.29. The number of rotatable bonds is 9. The zero-order valence-electron chi connectivity index (χ0n) is 27.0. The van der Waals surface area contributed by atoms with Crippen molar-refractivity contribution in [2.75, 3.05) is 17.5 Å². The highest BCUT2D eigenvalue weighted by Crippen LogP contribution is 2.47. The van der Waals surface area contributed by atoms with Crippen molar-refractivity contribution < 1.29 is 44.5 Å². The number of anilines is 1. The monoisotopic (exact) mass is 686 g/mol. The number of carbonyl (C=O) groups is 1. The van der Waals surface area contributed by atoms with Crippen LogP contribution in [0, 0.1) is 5.82 Å². The molecule has 4 aromatic rings. The number of amides is 1. The molecule has 14 heteroatoms. The van der Waals surface area contributed by atoms with Gasteiger partial charge < -0.3 is 19.0 Å². The van der Waals surface area contributed by atoms with Crippen molar-refractivity contribution in [1.82, 2.24) is 5.32 Å². The van der Waals surface area contributed by atoms with Gasteiger partial charge in [-0.2, -0.15) is 13.2 Å². The summed E-state index contributed by atoms with van der Waals surface area (Å²) in [6.45, 7) is 6.98. The normalized spacial score (nSPS) is 17.6. The van der Waals surface area contributed by atoms with E-state index in [1.807, 2.05) is 0 Å². The number of alkyl halides is 3. The van der Waals surface area contributed by atoms with Gasteiger partial charge in [0, 0.05) is 24.1 Å². The smallest absolute Gasteiger partial charge is 0.455 e. The number of halogens is 4. The van der Waals surface area contributed by atoms with Crippen LogP contribution in [0.5, 0.6) is 0 Å². The van der Waals surface area contributed by atoms with Crippen LogP contribution in [0.2, 0.25) is 0 Å². The van der Waals surface area contributed by atoms with Crippen LogP contribution in [-0.2, 0) is 31.9 Å². The predicted octanol–water partition coefficient (Wildman–Crippen LogP) is 6.78. The van der Waals surface area contributed by atoms with Crippen LogP contribution in [0.1, 0.15) is 73.5 Å². The summed E-state index contributed by atoms with van der Waals surface area (Å²) in [6, 6.07) is 12.4. The summed E-state index contributed by atoms with van der Waals surface area (Å²) in [4.78, 5) is 13.0. The fourth-order valence-electron chi connectivity index (χ4n) is 5.79. The van der Waals surface area contributed by atoms with Gasteiger partial charge in [-0.05, 0) is 106 Å². The van der Waals surface area contributed by atoms with Crippen LogP contribution in [0.15, 0.2) is 59.0 Å². The molecule has 48 heavy (non-hydrogen) atoms. The SMILES string of the molecule is CNC(=O)c1c(-c2ccc(F)cc2)oc2cc(NS(=O)(=O)CCc3ccc(B4OC(C)(C)C(C)(C)O4)c(C(F)(F)F)c3)c(C3CC3)cc12. The highest BCUT2D eigenvalue weighted by Gasteiger charge is 2.53. The molecule has 6 rings (SSSR count). The van der Waals surface area contributed by atoms with Gasteiger partial charge >= 0.3 is 13.3 Å². The Morgan fingerprint density at radius 1 is 0.979 bits per heavy atom. The summed E-state index contributed by atoms with van der Waals surface area (Å²) in [5.41, 5.74) is -0.765. The minimum Gasteiger partial charge on any atom is -0.455 e. The molecule has 0 spiro atoms. The fourth-order valence-corrected chi connectivity index (χ4v) is 6.90. The topological polar surface area (TPSA) is 107 Å². The third kappa shape index (κ3) is 6.57. The summed E-state index contributed by atoms with van der Waals surface area (Å²) in [5, 5.41) is 3.07. The quantitative estimate of drug-likeness (QED) is 0.149. The fraction of sp³-hybridized carbons (Fsp3) is 0.382. The standard InChI is InChI=1S/C34H35BF4N2O6S/c1-32(2)33(3,4)47-35(46-32)26-13-6-19(16-25(26)34(37,38)39)14-15-48(43,44)41-27-18-28-24(17-23(27)20-7-8-20)29(31(42)40-5)30(45-28)21-9-11-22(36)12-10-21/h6,9-13,16-18,20,41H,7-8,14-15H2,1-5H3,(H,40,42). The first-order valence-electron chi connectivity index (χ1n) is 15.5. The molecule has 2 N–H and O–H groups in total. The van der Waals surface area contributed by atoms with E-state index in [9.17, 15) is 30.8 Å². The molecule has 0 atom stereocenters. The maximum Gasteiger partial charge on any atom is 0.495 e. The molecular weight excluding hydrogens is 651 g/mol. The van der Waals surface area contributed by atoms with Gasteiger partial charge in [-0.3, -0.25) is 9.52 Å². The molecular formula is C34H35BF4N2O6S. The van der Waals surface area contributed by atoms with Crippen LogP contribution in [0.4, 0.5) is 23.2 Å². The van der Waals surface area contributed by atoms with E-state index < -0.39 is 57.6 Å². The van der Waals surface area contributed by atoms with Crippen LogP contribution in [0.25, 0.3) is 22.3 Å². The van der Waals surface area contributed by atoms with E-state index in [-0.39, 0.29) is 46.0 Å². The summed E-state index contributed by atoms with van der Waals surface area (Å²) < 4.78 is 103. The van der Waals surface area contributed by atoms with E-state index in [1.165, 1.54) is 49.5 Å². The minimum absolute atomic E-state index is 0.0469. The maximum absolute atomic E-state index is 14.2. The van der Waals surface area contributed by atoms with Gasteiger partial charge in [0.15, 0.2) is 0 Å². The lowest BCUT2D eigenvalue weighted by atomic mass is 9.75. The van der Waals surface area contributed by atoms with E-state index in [1.54, 1.807) is 33.8 Å². The summed E-state index contributed by atoms with van der Waals surface area (Å²) in [5.74, 6) is -1.13. The van der Waals surface area contributed by atoms with E-state index in [0.717, 1.165) is 18.9 Å². The second-order valence-corrected chi connectivity index (χ2v) is 15.1. The van der Waals surface area contributed by atoms with Gasteiger partial charge in [0.05, 0.1) is 33.8 Å². The molecule has 254 valence electrons. The van der Waals surface area contributed by atoms with Crippen molar-refractivity contribution in [2.45, 2.75) is 70.3 Å². The average Bonchev–Trinajstić information content (AvgIpc) is 3.74.